The minimum absolute atomic E-state index is 0.00329. The highest BCUT2D eigenvalue weighted by Crippen LogP contribution is 2.29. The number of urea groups is 1. The number of carbonyl (C=O) groups is 2. The monoisotopic (exact) mass is 284 g/mol. The molecule has 116 valence electrons. The second-order valence-electron chi connectivity index (χ2n) is 6.19. The lowest BCUT2D eigenvalue weighted by Gasteiger charge is -2.32. The minimum Gasteiger partial charge on any atom is -0.481 e. The second kappa shape index (κ2) is 8.12. The molecule has 1 rings (SSSR count). The van der Waals surface area contributed by atoms with E-state index in [4.69, 9.17) is 5.11 Å². The van der Waals surface area contributed by atoms with Crippen molar-refractivity contribution < 1.29 is 14.7 Å². The van der Waals surface area contributed by atoms with E-state index in [-0.39, 0.29) is 24.4 Å². The van der Waals surface area contributed by atoms with E-state index in [1.165, 1.54) is 0 Å². The maximum Gasteiger partial charge on any atom is 0.315 e. The number of carboxylic acid groups (broad SMARTS) is 1. The summed E-state index contributed by atoms with van der Waals surface area (Å²) in [6.45, 7) is 6.86. The summed E-state index contributed by atoms with van der Waals surface area (Å²) < 4.78 is 0. The van der Waals surface area contributed by atoms with Crippen LogP contribution in [0.1, 0.15) is 52.9 Å². The Morgan fingerprint density at radius 1 is 1.25 bits per heavy atom. The number of hydrogen-bond acceptors (Lipinski definition) is 2. The molecule has 0 aromatic rings. The molecular weight excluding hydrogens is 256 g/mol. The van der Waals surface area contributed by atoms with Crippen molar-refractivity contribution in [2.45, 2.75) is 58.9 Å². The summed E-state index contributed by atoms with van der Waals surface area (Å²) in [5, 5.41) is 14.6. The van der Waals surface area contributed by atoms with E-state index in [2.05, 4.69) is 24.5 Å². The molecule has 0 spiro atoms. The van der Waals surface area contributed by atoms with E-state index in [1.54, 1.807) is 0 Å². The summed E-state index contributed by atoms with van der Waals surface area (Å²) >= 11 is 0. The highest BCUT2D eigenvalue weighted by Gasteiger charge is 2.25. The lowest BCUT2D eigenvalue weighted by Crippen LogP contribution is -2.46. The smallest absolute Gasteiger partial charge is 0.315 e. The predicted octanol–water partition coefficient (Wildman–Crippen LogP) is 2.61. The van der Waals surface area contributed by atoms with Gasteiger partial charge in [0, 0.05) is 19.0 Å². The molecule has 20 heavy (non-hydrogen) atoms. The third kappa shape index (κ3) is 5.80. The van der Waals surface area contributed by atoms with Crippen LogP contribution >= 0.6 is 0 Å². The van der Waals surface area contributed by atoms with Gasteiger partial charge >= 0.3 is 12.0 Å². The van der Waals surface area contributed by atoms with Gasteiger partial charge < -0.3 is 15.7 Å². The van der Waals surface area contributed by atoms with Gasteiger partial charge in [-0.2, -0.15) is 0 Å². The molecule has 4 unspecified atom stereocenters. The lowest BCUT2D eigenvalue weighted by atomic mass is 9.79. The average molecular weight is 284 g/mol. The van der Waals surface area contributed by atoms with E-state index >= 15 is 0 Å². The van der Waals surface area contributed by atoms with Gasteiger partial charge in [-0.25, -0.2) is 4.79 Å². The fourth-order valence-electron chi connectivity index (χ4n) is 2.76. The molecule has 1 aliphatic carbocycles. The van der Waals surface area contributed by atoms with Crippen LogP contribution in [0.4, 0.5) is 4.79 Å². The third-order valence-corrected chi connectivity index (χ3v) is 4.53. The first-order chi connectivity index (χ1) is 9.42. The molecule has 5 heteroatoms. The molecule has 0 aromatic heterocycles. The van der Waals surface area contributed by atoms with Gasteiger partial charge in [0.1, 0.15) is 0 Å². The van der Waals surface area contributed by atoms with Crippen LogP contribution in [0.3, 0.4) is 0 Å². The number of nitrogens with one attached hydrogen (secondary N) is 2. The Balaban J connectivity index is 2.27. The minimum atomic E-state index is -0.811. The summed E-state index contributed by atoms with van der Waals surface area (Å²) in [6, 6.07) is 0.0846. The molecule has 5 nitrogen and oxygen atoms in total. The summed E-state index contributed by atoms with van der Waals surface area (Å²) in [5.74, 6) is 0.568. The lowest BCUT2D eigenvalue weighted by molar-refractivity contribution is -0.138. The number of rotatable bonds is 6. The Kier molecular flexibility index (Phi) is 6.82. The van der Waals surface area contributed by atoms with Gasteiger partial charge in [0.15, 0.2) is 0 Å². The molecule has 0 saturated heterocycles. The number of hydrogen-bond donors (Lipinski definition) is 3. The van der Waals surface area contributed by atoms with Crippen LogP contribution in [0.2, 0.25) is 0 Å². The van der Waals surface area contributed by atoms with Gasteiger partial charge in [0.05, 0.1) is 0 Å². The summed E-state index contributed by atoms with van der Waals surface area (Å²) in [7, 11) is 0. The molecule has 2 amide bonds. The summed E-state index contributed by atoms with van der Waals surface area (Å²) in [5.41, 5.74) is 0. The number of aliphatic carboxylic acids is 1. The molecule has 0 heterocycles. The average Bonchev–Trinajstić information content (AvgIpc) is 2.38. The second-order valence-corrected chi connectivity index (χ2v) is 6.19. The predicted molar refractivity (Wildman–Crippen MR) is 78.5 cm³/mol. The Morgan fingerprint density at radius 3 is 2.50 bits per heavy atom. The molecule has 0 aliphatic heterocycles. The Morgan fingerprint density at radius 2 is 1.95 bits per heavy atom. The Hall–Kier alpha value is -1.26. The Labute approximate surface area is 121 Å². The van der Waals surface area contributed by atoms with Crippen molar-refractivity contribution in [3.63, 3.8) is 0 Å². The summed E-state index contributed by atoms with van der Waals surface area (Å²) in [6.07, 6.45) is 4.08. The van der Waals surface area contributed by atoms with Crippen LogP contribution in [0, 0.1) is 17.8 Å². The highest BCUT2D eigenvalue weighted by atomic mass is 16.4. The van der Waals surface area contributed by atoms with Gasteiger partial charge in [-0.15, -0.1) is 0 Å². The fourth-order valence-corrected chi connectivity index (χ4v) is 2.76. The zero-order chi connectivity index (χ0) is 15.1. The Bertz CT molecular complexity index is 333. The van der Waals surface area contributed by atoms with Crippen molar-refractivity contribution >= 4 is 12.0 Å². The first-order valence-electron chi connectivity index (χ1n) is 7.68. The number of carbonyl (C=O) groups excluding carboxylic acids is 1. The van der Waals surface area contributed by atoms with Gasteiger partial charge in [-0.3, -0.25) is 4.79 Å². The van der Waals surface area contributed by atoms with Crippen molar-refractivity contribution in [3.8, 4) is 0 Å². The van der Waals surface area contributed by atoms with Gasteiger partial charge in [0.25, 0.3) is 0 Å². The zero-order valence-corrected chi connectivity index (χ0v) is 12.8. The van der Waals surface area contributed by atoms with Crippen molar-refractivity contribution in [1.29, 1.82) is 0 Å². The summed E-state index contributed by atoms with van der Waals surface area (Å²) in [4.78, 5) is 22.5. The molecule has 3 N–H and O–H groups in total. The van der Waals surface area contributed by atoms with Crippen molar-refractivity contribution in [3.05, 3.63) is 0 Å². The van der Waals surface area contributed by atoms with Crippen LogP contribution in [0.15, 0.2) is 0 Å². The van der Waals surface area contributed by atoms with E-state index in [0.717, 1.165) is 31.6 Å². The normalized spacial score (nSPS) is 27.6. The van der Waals surface area contributed by atoms with Crippen LogP contribution in [-0.4, -0.2) is 29.7 Å². The van der Waals surface area contributed by atoms with Crippen LogP contribution in [-0.2, 0) is 4.79 Å². The quantitative estimate of drug-likeness (QED) is 0.701. The topological polar surface area (TPSA) is 78.4 Å². The highest BCUT2D eigenvalue weighted by molar-refractivity contribution is 5.74. The standard InChI is InChI=1S/C15H28N2O3/c1-4-12(8-14(18)19)9-16-15(20)17-13-6-5-10(2)11(3)7-13/h10-13H,4-9H2,1-3H3,(H,18,19)(H2,16,17,20). The molecule has 1 fully saturated rings. The van der Waals surface area contributed by atoms with Crippen molar-refractivity contribution in [2.75, 3.05) is 6.54 Å². The molecule has 0 bridgehead atoms. The van der Waals surface area contributed by atoms with Gasteiger partial charge in [-0.1, -0.05) is 27.2 Å². The zero-order valence-electron chi connectivity index (χ0n) is 12.8. The van der Waals surface area contributed by atoms with Gasteiger partial charge in [-0.05, 0) is 37.0 Å². The van der Waals surface area contributed by atoms with E-state index in [9.17, 15) is 9.59 Å². The molecule has 0 radical (unpaired) electrons. The first-order valence-corrected chi connectivity index (χ1v) is 7.68. The van der Waals surface area contributed by atoms with Crippen molar-refractivity contribution in [2.24, 2.45) is 17.8 Å². The molecule has 1 saturated carbocycles. The van der Waals surface area contributed by atoms with Crippen LogP contribution < -0.4 is 10.6 Å². The fraction of sp³-hybridized carbons (Fsp3) is 0.867. The number of carboxylic acids is 1. The largest absolute Gasteiger partial charge is 0.481 e. The molecular formula is C15H28N2O3. The van der Waals surface area contributed by atoms with Crippen LogP contribution in [0.5, 0.6) is 0 Å². The first kappa shape index (κ1) is 16.8. The maximum absolute atomic E-state index is 11.8. The molecule has 1 aliphatic rings. The molecule has 0 aromatic carbocycles. The van der Waals surface area contributed by atoms with Crippen LogP contribution in [0.25, 0.3) is 0 Å². The van der Waals surface area contributed by atoms with Crippen molar-refractivity contribution in [1.82, 2.24) is 10.6 Å². The number of amides is 2. The van der Waals surface area contributed by atoms with E-state index in [0.29, 0.717) is 12.5 Å². The third-order valence-electron chi connectivity index (χ3n) is 4.53. The van der Waals surface area contributed by atoms with Gasteiger partial charge in [0.2, 0.25) is 0 Å². The maximum atomic E-state index is 11.8. The van der Waals surface area contributed by atoms with E-state index in [1.807, 2.05) is 6.92 Å². The SMILES string of the molecule is CCC(CNC(=O)NC1CCC(C)C(C)C1)CC(=O)O. The van der Waals surface area contributed by atoms with E-state index < -0.39 is 5.97 Å². The molecule has 4 atom stereocenters.